The fourth-order valence-electron chi connectivity index (χ4n) is 1.61. The van der Waals surface area contributed by atoms with Gasteiger partial charge in [-0.05, 0) is 0 Å². The van der Waals surface area contributed by atoms with E-state index in [1.165, 1.54) is 13.2 Å². The Labute approximate surface area is 86.6 Å². The number of fused-ring (bicyclic) bond motifs is 1. The summed E-state index contributed by atoms with van der Waals surface area (Å²) in [6.07, 6.45) is 0. The van der Waals surface area contributed by atoms with Gasteiger partial charge in [-0.2, -0.15) is 0 Å². The number of carbonyl (C=O) groups is 1. The molecule has 80 valence electrons. The van der Waals surface area contributed by atoms with Crippen molar-refractivity contribution in [3.63, 3.8) is 0 Å². The van der Waals surface area contributed by atoms with E-state index in [4.69, 9.17) is 4.74 Å². The molecule has 15 heavy (non-hydrogen) atoms. The molecule has 1 aromatic carbocycles. The molecule has 1 N–H and O–H groups in total. The third kappa shape index (κ3) is 1.60. The Morgan fingerprint density at radius 1 is 1.53 bits per heavy atom. The van der Waals surface area contributed by atoms with Crippen LogP contribution in [-0.4, -0.2) is 26.6 Å². The summed E-state index contributed by atoms with van der Waals surface area (Å²) in [5, 5.41) is 2.61. The van der Waals surface area contributed by atoms with Crippen molar-refractivity contribution < 1.29 is 13.9 Å². The number of nitrogens with one attached hydrogen (secondary N) is 1. The Morgan fingerprint density at radius 3 is 2.93 bits per heavy atom. The fraction of sp³-hybridized carbons (Fsp3) is 0.300. The number of methoxy groups -OCH3 is 1. The van der Waals surface area contributed by atoms with Crippen molar-refractivity contribution in [3.8, 4) is 5.75 Å². The highest BCUT2D eigenvalue weighted by Crippen LogP contribution is 2.34. The zero-order valence-electron chi connectivity index (χ0n) is 8.50. The van der Waals surface area contributed by atoms with Crippen molar-refractivity contribution in [2.24, 2.45) is 0 Å². The minimum absolute atomic E-state index is 0.144. The average molecular weight is 210 g/mol. The Kier molecular flexibility index (Phi) is 2.22. The number of anilines is 2. The Morgan fingerprint density at radius 2 is 2.27 bits per heavy atom. The van der Waals surface area contributed by atoms with Crippen LogP contribution in [0.1, 0.15) is 0 Å². The van der Waals surface area contributed by atoms with Crippen LogP contribution >= 0.6 is 0 Å². The van der Waals surface area contributed by atoms with Gasteiger partial charge >= 0.3 is 0 Å². The number of likely N-dealkylation sites (N-methyl/N-ethyl adjacent to an activating group) is 1. The largest absolute Gasteiger partial charge is 0.494 e. The maximum absolute atomic E-state index is 13.3. The molecular formula is C10H11FN2O2. The van der Waals surface area contributed by atoms with Gasteiger partial charge in [-0.3, -0.25) is 4.79 Å². The maximum Gasteiger partial charge on any atom is 0.243 e. The monoisotopic (exact) mass is 210 g/mol. The molecule has 1 aliphatic rings. The summed E-state index contributed by atoms with van der Waals surface area (Å²) in [6.45, 7) is 0.266. The van der Waals surface area contributed by atoms with Crippen LogP contribution in [0.5, 0.6) is 5.75 Å². The topological polar surface area (TPSA) is 41.6 Å². The molecule has 1 aromatic rings. The molecular weight excluding hydrogens is 199 g/mol. The molecule has 1 amide bonds. The number of ether oxygens (including phenoxy) is 1. The lowest BCUT2D eigenvalue weighted by Gasteiger charge is -2.27. The van der Waals surface area contributed by atoms with Gasteiger partial charge in [-0.15, -0.1) is 0 Å². The molecule has 1 aliphatic heterocycles. The summed E-state index contributed by atoms with van der Waals surface area (Å²) in [7, 11) is 3.18. The minimum atomic E-state index is -0.480. The molecule has 0 aliphatic carbocycles. The molecule has 0 aromatic heterocycles. The molecule has 0 atom stereocenters. The van der Waals surface area contributed by atoms with E-state index in [9.17, 15) is 9.18 Å². The lowest BCUT2D eigenvalue weighted by molar-refractivity contribution is -0.115. The normalized spacial score (nSPS) is 14.6. The van der Waals surface area contributed by atoms with Crippen molar-refractivity contribution in [2.75, 3.05) is 30.9 Å². The van der Waals surface area contributed by atoms with Crippen LogP contribution in [0, 0.1) is 5.82 Å². The minimum Gasteiger partial charge on any atom is -0.494 e. The van der Waals surface area contributed by atoms with Crippen LogP contribution in [0.3, 0.4) is 0 Å². The standard InChI is InChI=1S/C10H11FN2O2/c1-13-5-10(14)12-7-3-6(11)9(15-2)4-8(7)13/h3-4H,5H2,1-2H3,(H,12,14). The molecule has 1 heterocycles. The first-order chi connectivity index (χ1) is 7.11. The number of hydrogen-bond acceptors (Lipinski definition) is 3. The van der Waals surface area contributed by atoms with E-state index < -0.39 is 5.82 Å². The summed E-state index contributed by atoms with van der Waals surface area (Å²) in [4.78, 5) is 12.9. The molecule has 0 bridgehead atoms. The molecule has 5 heteroatoms. The number of halogens is 1. The molecule has 0 spiro atoms. The lowest BCUT2D eigenvalue weighted by atomic mass is 10.2. The van der Waals surface area contributed by atoms with E-state index in [1.807, 2.05) is 0 Å². The smallest absolute Gasteiger partial charge is 0.243 e. The Bertz CT molecular complexity index is 420. The van der Waals surface area contributed by atoms with Crippen molar-refractivity contribution >= 4 is 17.3 Å². The highest BCUT2D eigenvalue weighted by Gasteiger charge is 2.21. The zero-order chi connectivity index (χ0) is 11.0. The van der Waals surface area contributed by atoms with Gasteiger partial charge in [0.2, 0.25) is 5.91 Å². The predicted octanol–water partition coefficient (Wildman–Crippen LogP) is 1.22. The van der Waals surface area contributed by atoms with Crippen LogP contribution in [0.2, 0.25) is 0 Å². The summed E-state index contributed by atoms with van der Waals surface area (Å²) >= 11 is 0. The highest BCUT2D eigenvalue weighted by molar-refractivity contribution is 6.01. The van der Waals surface area contributed by atoms with E-state index >= 15 is 0 Å². The molecule has 2 rings (SSSR count). The molecule has 0 saturated carbocycles. The van der Waals surface area contributed by atoms with Crippen LogP contribution < -0.4 is 15.0 Å². The first-order valence-electron chi connectivity index (χ1n) is 4.50. The Balaban J connectivity index is 2.51. The predicted molar refractivity (Wildman–Crippen MR) is 54.9 cm³/mol. The maximum atomic E-state index is 13.3. The molecule has 0 radical (unpaired) electrons. The third-order valence-electron chi connectivity index (χ3n) is 2.34. The summed E-state index contributed by atoms with van der Waals surface area (Å²) in [5.74, 6) is -0.446. The van der Waals surface area contributed by atoms with Gasteiger partial charge < -0.3 is 15.0 Å². The van der Waals surface area contributed by atoms with E-state index in [0.29, 0.717) is 5.69 Å². The number of nitrogens with zero attached hydrogens (tertiary/aromatic N) is 1. The van der Waals surface area contributed by atoms with Gasteiger partial charge in [0, 0.05) is 19.2 Å². The third-order valence-corrected chi connectivity index (χ3v) is 2.34. The van der Waals surface area contributed by atoms with Gasteiger partial charge in [-0.1, -0.05) is 0 Å². The summed E-state index contributed by atoms with van der Waals surface area (Å²) in [6, 6.07) is 2.84. The first kappa shape index (κ1) is 9.76. The number of benzene rings is 1. The van der Waals surface area contributed by atoms with Crippen molar-refractivity contribution in [3.05, 3.63) is 17.9 Å². The lowest BCUT2D eigenvalue weighted by Crippen LogP contribution is -2.35. The quantitative estimate of drug-likeness (QED) is 0.757. The summed E-state index contributed by atoms with van der Waals surface area (Å²) in [5.41, 5.74) is 1.24. The van der Waals surface area contributed by atoms with Crippen molar-refractivity contribution in [1.29, 1.82) is 0 Å². The van der Waals surface area contributed by atoms with Crippen molar-refractivity contribution in [1.82, 2.24) is 0 Å². The van der Waals surface area contributed by atoms with E-state index in [2.05, 4.69) is 5.32 Å². The fourth-order valence-corrected chi connectivity index (χ4v) is 1.61. The molecule has 0 saturated heterocycles. The Hall–Kier alpha value is -1.78. The van der Waals surface area contributed by atoms with E-state index in [-0.39, 0.29) is 18.2 Å². The molecule has 4 nitrogen and oxygen atoms in total. The van der Waals surface area contributed by atoms with Gasteiger partial charge in [-0.25, -0.2) is 4.39 Å². The van der Waals surface area contributed by atoms with E-state index in [0.717, 1.165) is 5.69 Å². The SMILES string of the molecule is COc1cc2c(cc1F)NC(=O)CN2C. The molecule has 0 fully saturated rings. The number of rotatable bonds is 1. The first-order valence-corrected chi connectivity index (χ1v) is 4.50. The number of carbonyl (C=O) groups excluding carboxylic acids is 1. The second-order valence-corrected chi connectivity index (χ2v) is 3.41. The van der Waals surface area contributed by atoms with Crippen LogP contribution in [0.15, 0.2) is 12.1 Å². The van der Waals surface area contributed by atoms with Gasteiger partial charge in [0.05, 0.1) is 25.0 Å². The zero-order valence-corrected chi connectivity index (χ0v) is 8.50. The van der Waals surface area contributed by atoms with Gasteiger partial charge in [0.1, 0.15) is 0 Å². The van der Waals surface area contributed by atoms with Crippen LogP contribution in [-0.2, 0) is 4.79 Å². The highest BCUT2D eigenvalue weighted by atomic mass is 19.1. The second-order valence-electron chi connectivity index (χ2n) is 3.41. The van der Waals surface area contributed by atoms with Gasteiger partial charge in [0.25, 0.3) is 0 Å². The van der Waals surface area contributed by atoms with Crippen LogP contribution in [0.25, 0.3) is 0 Å². The summed E-state index contributed by atoms with van der Waals surface area (Å²) < 4.78 is 18.2. The molecule has 0 unspecified atom stereocenters. The van der Waals surface area contributed by atoms with Gasteiger partial charge in [0.15, 0.2) is 11.6 Å². The average Bonchev–Trinajstić information content (AvgIpc) is 2.16. The van der Waals surface area contributed by atoms with Crippen molar-refractivity contribution in [2.45, 2.75) is 0 Å². The number of hydrogen-bond donors (Lipinski definition) is 1. The number of amides is 1. The second kappa shape index (κ2) is 3.42. The van der Waals surface area contributed by atoms with E-state index in [1.54, 1.807) is 18.0 Å². The van der Waals surface area contributed by atoms with Crippen LogP contribution in [0.4, 0.5) is 15.8 Å².